The third-order valence-electron chi connectivity index (χ3n) is 8.11. The summed E-state index contributed by atoms with van der Waals surface area (Å²) in [7, 11) is 1.77. The molecular weight excluding hydrogens is 592 g/mol. The van der Waals surface area contributed by atoms with E-state index in [0.29, 0.717) is 37.0 Å². The molecule has 9 heteroatoms. The third-order valence-corrected chi connectivity index (χ3v) is 8.11. The van der Waals surface area contributed by atoms with Crippen molar-refractivity contribution in [3.8, 4) is 17.4 Å². The predicted molar refractivity (Wildman–Crippen MR) is 183 cm³/mol. The summed E-state index contributed by atoms with van der Waals surface area (Å²) >= 11 is 0. The molecule has 0 saturated heterocycles. The fourth-order valence-electron chi connectivity index (χ4n) is 5.73. The summed E-state index contributed by atoms with van der Waals surface area (Å²) in [5.74, 6) is 0.694. The van der Waals surface area contributed by atoms with E-state index in [4.69, 9.17) is 19.2 Å². The average molecular weight is 633 g/mol. The number of hydrogen-bond donors (Lipinski definition) is 0. The second kappa shape index (κ2) is 13.2. The standard InChI is InChI=1S/C38H40N4O5/c1-26-22-30(20-21-41(26)37(44)47-38(2,3)4)29-16-17-31-33(23-29)40(5)36(43)42(31)32-18-19-34(45-24-27-12-8-6-9-13-27)39-35(32)46-25-28-14-10-7-11-15-28/h6-19,22-23,26H,20-21,24-25H2,1-5H3/t26-/m1/s1. The number of carbonyl (C=O) groups excluding carboxylic acids is 1. The molecule has 9 nitrogen and oxygen atoms in total. The summed E-state index contributed by atoms with van der Waals surface area (Å²) in [6.45, 7) is 8.78. The molecule has 0 unspecified atom stereocenters. The maximum atomic E-state index is 13.8. The summed E-state index contributed by atoms with van der Waals surface area (Å²) < 4.78 is 21.2. The van der Waals surface area contributed by atoms with Crippen LogP contribution in [0.1, 0.15) is 50.8 Å². The first-order valence-corrected chi connectivity index (χ1v) is 15.8. The number of ether oxygens (including phenoxy) is 3. The van der Waals surface area contributed by atoms with E-state index in [9.17, 15) is 9.59 Å². The average Bonchev–Trinajstić information content (AvgIpc) is 3.31. The van der Waals surface area contributed by atoms with Gasteiger partial charge in [0.2, 0.25) is 11.8 Å². The number of benzene rings is 3. The van der Waals surface area contributed by atoms with Crippen LogP contribution >= 0.6 is 0 Å². The van der Waals surface area contributed by atoms with Crippen LogP contribution in [-0.4, -0.2) is 43.3 Å². The fourth-order valence-corrected chi connectivity index (χ4v) is 5.73. The van der Waals surface area contributed by atoms with Gasteiger partial charge in [0.15, 0.2) is 0 Å². The molecule has 3 aromatic carbocycles. The van der Waals surface area contributed by atoms with Gasteiger partial charge in [-0.3, -0.25) is 9.13 Å². The lowest BCUT2D eigenvalue weighted by molar-refractivity contribution is 0.0209. The van der Waals surface area contributed by atoms with Crippen molar-refractivity contribution in [2.24, 2.45) is 7.05 Å². The molecule has 0 saturated carbocycles. The fraction of sp³-hybridized carbons (Fsp3) is 0.289. The molecular formula is C38H40N4O5. The quantitative estimate of drug-likeness (QED) is 0.179. The number of rotatable bonds is 8. The van der Waals surface area contributed by atoms with E-state index in [0.717, 1.165) is 33.3 Å². The van der Waals surface area contributed by atoms with Gasteiger partial charge in [-0.05, 0) is 74.6 Å². The molecule has 47 heavy (non-hydrogen) atoms. The van der Waals surface area contributed by atoms with E-state index >= 15 is 0 Å². The highest BCUT2D eigenvalue weighted by molar-refractivity contribution is 5.84. The molecule has 0 aliphatic carbocycles. The molecule has 5 aromatic rings. The molecule has 1 amide bonds. The van der Waals surface area contributed by atoms with Gasteiger partial charge < -0.3 is 19.1 Å². The number of fused-ring (bicyclic) bond motifs is 1. The molecule has 1 aliphatic heterocycles. The Morgan fingerprint density at radius 3 is 2.17 bits per heavy atom. The second-order valence-corrected chi connectivity index (χ2v) is 12.8. The Hall–Kier alpha value is -5.31. The first kappa shape index (κ1) is 31.7. The van der Waals surface area contributed by atoms with Gasteiger partial charge in [0, 0.05) is 19.7 Å². The summed E-state index contributed by atoms with van der Waals surface area (Å²) in [6.07, 6.45) is 2.46. The van der Waals surface area contributed by atoms with Crippen molar-refractivity contribution in [3.63, 3.8) is 0 Å². The molecule has 6 rings (SSSR count). The largest absolute Gasteiger partial charge is 0.473 e. The number of aryl methyl sites for hydroxylation is 1. The van der Waals surface area contributed by atoms with Crippen LogP contribution in [0, 0.1) is 0 Å². The zero-order valence-corrected chi connectivity index (χ0v) is 27.5. The van der Waals surface area contributed by atoms with Gasteiger partial charge in [-0.2, -0.15) is 4.98 Å². The Morgan fingerprint density at radius 2 is 1.53 bits per heavy atom. The van der Waals surface area contributed by atoms with Crippen LogP contribution in [0.5, 0.6) is 11.8 Å². The van der Waals surface area contributed by atoms with Gasteiger partial charge >= 0.3 is 11.8 Å². The molecule has 0 radical (unpaired) electrons. The second-order valence-electron chi connectivity index (χ2n) is 12.8. The van der Waals surface area contributed by atoms with Crippen molar-refractivity contribution in [1.82, 2.24) is 19.0 Å². The maximum absolute atomic E-state index is 13.8. The molecule has 0 fully saturated rings. The molecule has 1 atom stereocenters. The summed E-state index contributed by atoms with van der Waals surface area (Å²) in [5.41, 5.74) is 5.37. The highest BCUT2D eigenvalue weighted by Crippen LogP contribution is 2.31. The number of hydrogen-bond acceptors (Lipinski definition) is 6. The van der Waals surface area contributed by atoms with Gasteiger partial charge in [0.1, 0.15) is 24.5 Å². The van der Waals surface area contributed by atoms with Gasteiger partial charge in [0.25, 0.3) is 0 Å². The number of carbonyl (C=O) groups is 1. The predicted octanol–water partition coefficient (Wildman–Crippen LogP) is 7.29. The minimum absolute atomic E-state index is 0.129. The van der Waals surface area contributed by atoms with E-state index < -0.39 is 5.60 Å². The van der Waals surface area contributed by atoms with Crippen molar-refractivity contribution in [1.29, 1.82) is 0 Å². The molecule has 0 N–H and O–H groups in total. The van der Waals surface area contributed by atoms with Crippen molar-refractivity contribution >= 4 is 22.7 Å². The number of nitrogens with zero attached hydrogens (tertiary/aromatic N) is 4. The molecule has 0 bridgehead atoms. The minimum Gasteiger partial charge on any atom is -0.473 e. The molecule has 3 heterocycles. The minimum atomic E-state index is -0.554. The Bertz CT molecular complexity index is 1970. The first-order chi connectivity index (χ1) is 22.6. The zero-order valence-electron chi connectivity index (χ0n) is 27.5. The Labute approximate surface area is 274 Å². The zero-order chi connectivity index (χ0) is 33.1. The van der Waals surface area contributed by atoms with Crippen molar-refractivity contribution in [3.05, 3.63) is 124 Å². The molecule has 242 valence electrons. The van der Waals surface area contributed by atoms with Gasteiger partial charge in [-0.1, -0.05) is 72.8 Å². The van der Waals surface area contributed by atoms with Crippen LogP contribution in [0.2, 0.25) is 0 Å². The van der Waals surface area contributed by atoms with E-state index in [-0.39, 0.29) is 24.4 Å². The number of imidazole rings is 1. The smallest absolute Gasteiger partial charge is 0.410 e. The normalized spacial score (nSPS) is 15.0. The molecule has 2 aromatic heterocycles. The molecule has 0 spiro atoms. The highest BCUT2D eigenvalue weighted by atomic mass is 16.6. The lowest BCUT2D eigenvalue weighted by Crippen LogP contribution is -2.43. The monoisotopic (exact) mass is 632 g/mol. The van der Waals surface area contributed by atoms with Crippen LogP contribution in [0.25, 0.3) is 22.3 Å². The van der Waals surface area contributed by atoms with E-state index in [1.807, 2.05) is 113 Å². The van der Waals surface area contributed by atoms with Crippen molar-refractivity contribution < 1.29 is 19.0 Å². The number of aromatic nitrogens is 3. The lowest BCUT2D eigenvalue weighted by atomic mass is 9.96. The van der Waals surface area contributed by atoms with Gasteiger partial charge in [0.05, 0.1) is 17.1 Å². The third kappa shape index (κ3) is 7.09. The highest BCUT2D eigenvalue weighted by Gasteiger charge is 2.28. The Balaban J connectivity index is 1.33. The number of amides is 1. The summed E-state index contributed by atoms with van der Waals surface area (Å²) in [4.78, 5) is 33.0. The first-order valence-electron chi connectivity index (χ1n) is 15.8. The van der Waals surface area contributed by atoms with E-state index in [1.165, 1.54) is 0 Å². The van der Waals surface area contributed by atoms with Crippen LogP contribution in [0.15, 0.2) is 102 Å². The van der Waals surface area contributed by atoms with Crippen molar-refractivity contribution in [2.45, 2.75) is 59.0 Å². The Morgan fingerprint density at radius 1 is 0.872 bits per heavy atom. The topological polar surface area (TPSA) is 87.8 Å². The van der Waals surface area contributed by atoms with Crippen molar-refractivity contribution in [2.75, 3.05) is 6.54 Å². The van der Waals surface area contributed by atoms with E-state index in [2.05, 4.69) is 6.08 Å². The Kier molecular flexibility index (Phi) is 8.89. The van der Waals surface area contributed by atoms with Crippen LogP contribution in [0.3, 0.4) is 0 Å². The SMILES string of the molecule is C[C@@H]1C=C(c2ccc3c(c2)n(C)c(=O)n3-c2ccc(OCc3ccccc3)nc2OCc2ccccc2)CCN1C(=O)OC(C)(C)C. The van der Waals surface area contributed by atoms with Crippen LogP contribution < -0.4 is 15.2 Å². The molecule has 1 aliphatic rings. The summed E-state index contributed by atoms with van der Waals surface area (Å²) in [5, 5.41) is 0. The van der Waals surface area contributed by atoms with Crippen LogP contribution in [-0.2, 0) is 25.0 Å². The number of pyridine rings is 1. The van der Waals surface area contributed by atoms with Gasteiger partial charge in [-0.15, -0.1) is 0 Å². The van der Waals surface area contributed by atoms with Crippen LogP contribution in [0.4, 0.5) is 4.79 Å². The van der Waals surface area contributed by atoms with E-state index in [1.54, 1.807) is 27.1 Å². The maximum Gasteiger partial charge on any atom is 0.410 e. The summed E-state index contributed by atoms with van der Waals surface area (Å²) in [6, 6.07) is 29.2. The lowest BCUT2D eigenvalue weighted by Gasteiger charge is -2.34. The van der Waals surface area contributed by atoms with Gasteiger partial charge in [-0.25, -0.2) is 9.59 Å².